The van der Waals surface area contributed by atoms with Crippen LogP contribution < -0.4 is 14.8 Å². The molecule has 7 nitrogen and oxygen atoms in total. The van der Waals surface area contributed by atoms with Crippen molar-refractivity contribution in [3.63, 3.8) is 0 Å². The molecule has 0 saturated carbocycles. The van der Waals surface area contributed by atoms with E-state index in [1.807, 2.05) is 31.2 Å². The lowest BCUT2D eigenvalue weighted by Crippen LogP contribution is -2.27. The van der Waals surface area contributed by atoms with Gasteiger partial charge in [0, 0.05) is 19.3 Å². The quantitative estimate of drug-likeness (QED) is 0.570. The van der Waals surface area contributed by atoms with Crippen LogP contribution in [0.15, 0.2) is 47.4 Å². The third-order valence-corrected chi connectivity index (χ3v) is 5.60. The molecule has 0 fully saturated rings. The number of hydrogen-bond donors (Lipinski definition) is 2. The van der Waals surface area contributed by atoms with E-state index in [0.717, 1.165) is 17.7 Å². The normalized spacial score (nSPS) is 11.2. The maximum atomic E-state index is 12.2. The smallest absolute Gasteiger partial charge is 0.262 e. The summed E-state index contributed by atoms with van der Waals surface area (Å²) in [4.78, 5) is 12.1. The number of hydrogen-bond acceptors (Lipinski definition) is 5. The lowest BCUT2D eigenvalue weighted by Gasteiger charge is -2.12. The molecule has 9 heteroatoms. The summed E-state index contributed by atoms with van der Waals surface area (Å²) in [5.41, 5.74) is 1.75. The van der Waals surface area contributed by atoms with E-state index in [4.69, 9.17) is 21.1 Å². The topological polar surface area (TPSA) is 93.7 Å². The molecule has 2 aromatic rings. The molecule has 0 spiro atoms. The number of benzene rings is 2. The number of para-hydroxylation sites is 1. The molecule has 28 heavy (non-hydrogen) atoms. The number of carbonyl (C=O) groups is 1. The minimum atomic E-state index is -3.70. The lowest BCUT2D eigenvalue weighted by atomic mass is 10.1. The van der Waals surface area contributed by atoms with Crippen LogP contribution in [0.4, 0.5) is 5.69 Å². The van der Waals surface area contributed by atoms with Gasteiger partial charge in [0.15, 0.2) is 6.61 Å². The number of rotatable bonds is 10. The maximum absolute atomic E-state index is 12.2. The molecule has 2 N–H and O–H groups in total. The Bertz CT molecular complexity index is 918. The number of carbonyl (C=O) groups excluding carboxylic acids is 1. The molecule has 0 saturated heterocycles. The first-order chi connectivity index (χ1) is 13.4. The molecule has 0 radical (unpaired) electrons. The fraction of sp³-hybridized carbons (Fsp3) is 0.316. The monoisotopic (exact) mass is 426 g/mol. The van der Waals surface area contributed by atoms with Gasteiger partial charge in [0.2, 0.25) is 10.0 Å². The van der Waals surface area contributed by atoms with Gasteiger partial charge in [-0.25, -0.2) is 13.1 Å². The number of nitrogens with one attached hydrogen (secondary N) is 2. The van der Waals surface area contributed by atoms with Crippen molar-refractivity contribution < 1.29 is 22.7 Å². The maximum Gasteiger partial charge on any atom is 0.262 e. The summed E-state index contributed by atoms with van der Waals surface area (Å²) in [7, 11) is -2.22. The van der Waals surface area contributed by atoms with Gasteiger partial charge in [-0.1, -0.05) is 36.7 Å². The third-order valence-electron chi connectivity index (χ3n) is 3.84. The Labute approximate surface area is 170 Å². The zero-order valence-corrected chi connectivity index (χ0v) is 17.3. The molecular weight excluding hydrogens is 404 g/mol. The van der Waals surface area contributed by atoms with Gasteiger partial charge in [-0.2, -0.15) is 0 Å². The van der Waals surface area contributed by atoms with Crippen LogP contribution in [0, 0.1) is 0 Å². The first-order valence-electron chi connectivity index (χ1n) is 8.66. The van der Waals surface area contributed by atoms with Crippen LogP contribution in [-0.4, -0.2) is 41.2 Å². The van der Waals surface area contributed by atoms with Crippen LogP contribution in [0.5, 0.6) is 5.75 Å². The molecule has 0 atom stereocenters. The van der Waals surface area contributed by atoms with Gasteiger partial charge in [0.1, 0.15) is 5.75 Å². The van der Waals surface area contributed by atoms with Crippen molar-refractivity contribution in [3.05, 3.63) is 53.1 Å². The minimum Gasteiger partial charge on any atom is -0.482 e. The third kappa shape index (κ3) is 6.20. The van der Waals surface area contributed by atoms with Gasteiger partial charge >= 0.3 is 0 Å². The average molecular weight is 427 g/mol. The number of amides is 1. The molecule has 0 heterocycles. The molecule has 152 valence electrons. The van der Waals surface area contributed by atoms with Crippen molar-refractivity contribution in [3.8, 4) is 5.75 Å². The molecular formula is C19H23ClN2O5S. The number of anilines is 1. The van der Waals surface area contributed by atoms with E-state index in [1.54, 1.807) is 0 Å². The zero-order chi connectivity index (χ0) is 20.6. The highest BCUT2D eigenvalue weighted by molar-refractivity contribution is 7.89. The molecule has 0 aromatic heterocycles. The average Bonchev–Trinajstić information content (AvgIpc) is 2.67. The number of aryl methyl sites for hydroxylation is 1. The van der Waals surface area contributed by atoms with E-state index < -0.39 is 10.0 Å². The van der Waals surface area contributed by atoms with Gasteiger partial charge in [-0.15, -0.1) is 0 Å². The van der Waals surface area contributed by atoms with Crippen molar-refractivity contribution >= 4 is 33.2 Å². The number of ether oxygens (including phenoxy) is 2. The Balaban J connectivity index is 1.98. The van der Waals surface area contributed by atoms with Crippen LogP contribution >= 0.6 is 11.6 Å². The van der Waals surface area contributed by atoms with Gasteiger partial charge in [0.05, 0.1) is 16.5 Å². The van der Waals surface area contributed by atoms with Gasteiger partial charge in [0.25, 0.3) is 5.91 Å². The van der Waals surface area contributed by atoms with E-state index in [0.29, 0.717) is 0 Å². The summed E-state index contributed by atoms with van der Waals surface area (Å²) in [5, 5.41) is 2.88. The van der Waals surface area contributed by atoms with Crippen molar-refractivity contribution in [2.24, 2.45) is 0 Å². The summed E-state index contributed by atoms with van der Waals surface area (Å²) in [6.07, 6.45) is 0.789. The van der Waals surface area contributed by atoms with Crippen LogP contribution in [0.3, 0.4) is 0 Å². The Morgan fingerprint density at radius 3 is 2.61 bits per heavy atom. The van der Waals surface area contributed by atoms with Crippen LogP contribution in [0.1, 0.15) is 12.5 Å². The standard InChI is InChI=1S/C19H23ClN2O5S/c1-3-14-6-4-5-7-17(14)22-19(23)13-27-18-9-8-15(12-16(18)20)28(24,25)21-10-11-26-2/h4-9,12,21H,3,10-11,13H2,1-2H3,(H,22,23). The number of methoxy groups -OCH3 is 1. The molecule has 0 bridgehead atoms. The Morgan fingerprint density at radius 1 is 1.18 bits per heavy atom. The van der Waals surface area contributed by atoms with Crippen LogP contribution in [-0.2, 0) is 26.0 Å². The highest BCUT2D eigenvalue weighted by atomic mass is 35.5. The first-order valence-corrected chi connectivity index (χ1v) is 10.5. The summed E-state index contributed by atoms with van der Waals surface area (Å²) in [5.74, 6) is -0.119. The molecule has 0 unspecified atom stereocenters. The first kappa shape index (κ1) is 22.2. The van der Waals surface area contributed by atoms with Crippen molar-refractivity contribution in [1.29, 1.82) is 0 Å². The summed E-state index contributed by atoms with van der Waals surface area (Å²) < 4.78 is 37.0. The second kappa shape index (κ2) is 10.4. The second-order valence-corrected chi connectivity index (χ2v) is 8.00. The molecule has 2 rings (SSSR count). The van der Waals surface area contributed by atoms with E-state index in [-0.39, 0.29) is 41.3 Å². The van der Waals surface area contributed by atoms with Gasteiger partial charge in [-0.05, 0) is 36.2 Å². The molecule has 0 aliphatic carbocycles. The van der Waals surface area contributed by atoms with E-state index in [1.165, 1.54) is 25.3 Å². The molecule has 2 aromatic carbocycles. The second-order valence-electron chi connectivity index (χ2n) is 5.83. The van der Waals surface area contributed by atoms with Crippen LogP contribution in [0.25, 0.3) is 0 Å². The summed E-state index contributed by atoms with van der Waals surface area (Å²) in [6, 6.07) is 11.6. The van der Waals surface area contributed by atoms with Crippen LogP contribution in [0.2, 0.25) is 5.02 Å². The number of halogens is 1. The Morgan fingerprint density at radius 2 is 1.93 bits per heavy atom. The molecule has 0 aliphatic heterocycles. The fourth-order valence-electron chi connectivity index (χ4n) is 2.41. The highest BCUT2D eigenvalue weighted by Gasteiger charge is 2.16. The Hall–Kier alpha value is -2.13. The van der Waals surface area contributed by atoms with Crippen molar-refractivity contribution in [2.75, 3.05) is 32.2 Å². The SMILES string of the molecule is CCc1ccccc1NC(=O)COc1ccc(S(=O)(=O)NCCOC)cc1Cl. The highest BCUT2D eigenvalue weighted by Crippen LogP contribution is 2.27. The number of sulfonamides is 1. The van der Waals surface area contributed by atoms with Crippen molar-refractivity contribution in [2.45, 2.75) is 18.2 Å². The van der Waals surface area contributed by atoms with E-state index in [2.05, 4.69) is 10.0 Å². The summed E-state index contributed by atoms with van der Waals surface area (Å²) >= 11 is 6.11. The van der Waals surface area contributed by atoms with Gasteiger partial charge in [-0.3, -0.25) is 4.79 Å². The largest absolute Gasteiger partial charge is 0.482 e. The molecule has 0 aliphatic rings. The summed E-state index contributed by atoms with van der Waals surface area (Å²) in [6.45, 7) is 2.15. The predicted molar refractivity (Wildman–Crippen MR) is 108 cm³/mol. The molecule has 1 amide bonds. The Kier molecular flexibility index (Phi) is 8.25. The van der Waals surface area contributed by atoms with E-state index >= 15 is 0 Å². The fourth-order valence-corrected chi connectivity index (χ4v) is 3.75. The van der Waals surface area contributed by atoms with Gasteiger partial charge < -0.3 is 14.8 Å². The predicted octanol–water partition coefficient (Wildman–Crippen LogP) is 2.84. The lowest BCUT2D eigenvalue weighted by molar-refractivity contribution is -0.118. The van der Waals surface area contributed by atoms with E-state index in [9.17, 15) is 13.2 Å². The minimum absolute atomic E-state index is 0.00211. The van der Waals surface area contributed by atoms with Crippen molar-refractivity contribution in [1.82, 2.24) is 4.72 Å². The zero-order valence-electron chi connectivity index (χ0n) is 15.7.